The lowest BCUT2D eigenvalue weighted by atomic mass is 10.1. The summed E-state index contributed by atoms with van der Waals surface area (Å²) >= 11 is 1.88. The van der Waals surface area contributed by atoms with Crippen molar-refractivity contribution >= 4 is 26.2 Å². The maximum absolute atomic E-state index is 11.8. The van der Waals surface area contributed by atoms with Gasteiger partial charge in [0, 0.05) is 5.25 Å². The van der Waals surface area contributed by atoms with E-state index in [1.54, 1.807) is 0 Å². The van der Waals surface area contributed by atoms with Gasteiger partial charge in [-0.2, -0.15) is 11.8 Å². The van der Waals surface area contributed by atoms with Gasteiger partial charge in [0.1, 0.15) is 0 Å². The van der Waals surface area contributed by atoms with Gasteiger partial charge in [0.2, 0.25) is 8.46 Å². The summed E-state index contributed by atoms with van der Waals surface area (Å²) in [5.41, 5.74) is -2.10. The number of carboxylic acids is 1. The van der Waals surface area contributed by atoms with Crippen LogP contribution < -0.4 is 0 Å². The standard InChI is InChI=1S/C27H53O5PS/c1-5-8-10-12-13-14-15-16-18-20-23-34-25(21-19-17-11-9-6-2)24(4)32-27(33-30,26(28)29)31-22-7-3/h24-25H,5-23H2,1-4H3,(H,28,29). The van der Waals surface area contributed by atoms with Crippen LogP contribution in [0.4, 0.5) is 0 Å². The van der Waals surface area contributed by atoms with E-state index in [-0.39, 0.29) is 18.0 Å². The van der Waals surface area contributed by atoms with Crippen molar-refractivity contribution in [2.75, 3.05) is 12.4 Å². The molecular formula is C27H53O5PS. The molecule has 0 aromatic rings. The molecule has 202 valence electrons. The van der Waals surface area contributed by atoms with E-state index in [4.69, 9.17) is 9.47 Å². The number of ether oxygens (including phenoxy) is 2. The molecule has 0 aliphatic rings. The Balaban J connectivity index is 4.57. The van der Waals surface area contributed by atoms with E-state index in [0.717, 1.165) is 18.6 Å². The van der Waals surface area contributed by atoms with Gasteiger partial charge in [-0.25, -0.2) is 4.79 Å². The largest absolute Gasteiger partial charge is 0.477 e. The average Bonchev–Trinajstić information content (AvgIpc) is 2.83. The minimum atomic E-state index is -2.10. The Morgan fingerprint density at radius 3 is 1.79 bits per heavy atom. The second-order valence-corrected chi connectivity index (χ2v) is 11.6. The van der Waals surface area contributed by atoms with E-state index in [2.05, 4.69) is 13.8 Å². The highest BCUT2D eigenvalue weighted by Crippen LogP contribution is 2.33. The van der Waals surface area contributed by atoms with Gasteiger partial charge in [0.15, 0.2) is 0 Å². The molecule has 0 saturated heterocycles. The van der Waals surface area contributed by atoms with Crippen LogP contribution >= 0.6 is 20.2 Å². The minimum Gasteiger partial charge on any atom is -0.477 e. The van der Waals surface area contributed by atoms with Crippen molar-refractivity contribution in [1.29, 1.82) is 0 Å². The highest BCUT2D eigenvalue weighted by atomic mass is 32.2. The molecule has 0 bridgehead atoms. The molecule has 0 aromatic heterocycles. The van der Waals surface area contributed by atoms with Gasteiger partial charge in [-0.3, -0.25) is 4.57 Å². The molecule has 0 rings (SSSR count). The van der Waals surface area contributed by atoms with Crippen molar-refractivity contribution < 1.29 is 23.9 Å². The summed E-state index contributed by atoms with van der Waals surface area (Å²) in [7, 11) is -0.658. The normalized spacial score (nSPS) is 15.3. The van der Waals surface area contributed by atoms with Gasteiger partial charge >= 0.3 is 11.5 Å². The molecule has 0 spiro atoms. The number of hydrogen-bond acceptors (Lipinski definition) is 5. The lowest BCUT2D eigenvalue weighted by molar-refractivity contribution is -0.217. The van der Waals surface area contributed by atoms with E-state index < -0.39 is 20.0 Å². The highest BCUT2D eigenvalue weighted by molar-refractivity contribution is 7.99. The Bertz CT molecular complexity index is 494. The molecule has 3 unspecified atom stereocenters. The Labute approximate surface area is 216 Å². The Morgan fingerprint density at radius 1 is 0.824 bits per heavy atom. The second kappa shape index (κ2) is 23.3. The molecule has 0 aromatic carbocycles. The van der Waals surface area contributed by atoms with Crippen LogP contribution in [-0.2, 0) is 18.8 Å². The maximum Gasteiger partial charge on any atom is 0.377 e. The van der Waals surface area contributed by atoms with Crippen molar-refractivity contribution in [3.63, 3.8) is 0 Å². The summed E-state index contributed by atoms with van der Waals surface area (Å²) in [5.74, 6) is -0.278. The first-order valence-corrected chi connectivity index (χ1v) is 15.8. The second-order valence-electron chi connectivity index (χ2n) is 9.44. The van der Waals surface area contributed by atoms with Crippen LogP contribution in [0.5, 0.6) is 0 Å². The first-order chi connectivity index (χ1) is 16.5. The van der Waals surface area contributed by atoms with Crippen LogP contribution in [0.15, 0.2) is 0 Å². The minimum absolute atomic E-state index is 0.172. The SMILES string of the molecule is CCCCCCCCCCCCSC(CCCCCCC)C(C)OC(OCCC)(P=O)C(=O)O. The van der Waals surface area contributed by atoms with E-state index >= 15 is 0 Å². The van der Waals surface area contributed by atoms with Crippen molar-refractivity contribution in [2.24, 2.45) is 0 Å². The molecule has 0 saturated carbocycles. The molecule has 0 aliphatic heterocycles. The molecular weight excluding hydrogens is 467 g/mol. The molecule has 0 aliphatic carbocycles. The third kappa shape index (κ3) is 16.5. The number of rotatable bonds is 26. The molecule has 1 N–H and O–H groups in total. The van der Waals surface area contributed by atoms with E-state index in [0.29, 0.717) is 6.42 Å². The molecule has 0 heterocycles. The molecule has 0 radical (unpaired) electrons. The summed E-state index contributed by atoms with van der Waals surface area (Å²) in [6, 6.07) is 0. The van der Waals surface area contributed by atoms with Crippen molar-refractivity contribution in [2.45, 2.75) is 154 Å². The zero-order valence-electron chi connectivity index (χ0n) is 22.5. The van der Waals surface area contributed by atoms with Gasteiger partial charge in [0.05, 0.1) is 12.7 Å². The predicted molar refractivity (Wildman–Crippen MR) is 146 cm³/mol. The number of carboxylic acid groups (broad SMARTS) is 1. The number of aliphatic carboxylic acids is 1. The van der Waals surface area contributed by atoms with Crippen molar-refractivity contribution in [3.05, 3.63) is 0 Å². The Hall–Kier alpha value is -0.160. The van der Waals surface area contributed by atoms with Crippen LogP contribution in [0, 0.1) is 0 Å². The third-order valence-corrected chi connectivity index (χ3v) is 8.42. The Morgan fingerprint density at radius 2 is 1.32 bits per heavy atom. The van der Waals surface area contributed by atoms with Crippen LogP contribution in [0.1, 0.15) is 137 Å². The monoisotopic (exact) mass is 520 g/mol. The van der Waals surface area contributed by atoms with Gasteiger partial charge in [-0.05, 0) is 31.9 Å². The summed E-state index contributed by atoms with van der Waals surface area (Å²) in [4.78, 5) is 11.8. The zero-order chi connectivity index (χ0) is 25.5. The fraction of sp³-hybridized carbons (Fsp3) is 0.963. The molecule has 0 amide bonds. The van der Waals surface area contributed by atoms with E-state index in [1.807, 2.05) is 25.6 Å². The maximum atomic E-state index is 11.8. The molecule has 3 atom stereocenters. The lowest BCUT2D eigenvalue weighted by Crippen LogP contribution is -2.44. The number of carbonyl (C=O) groups is 1. The van der Waals surface area contributed by atoms with Crippen LogP contribution in [-0.4, -0.2) is 40.3 Å². The average molecular weight is 521 g/mol. The molecule has 5 nitrogen and oxygen atoms in total. The summed E-state index contributed by atoms with van der Waals surface area (Å²) in [5, 5.41) is 9.84. The van der Waals surface area contributed by atoms with Crippen LogP contribution in [0.2, 0.25) is 0 Å². The van der Waals surface area contributed by atoms with Gasteiger partial charge < -0.3 is 14.6 Å². The van der Waals surface area contributed by atoms with Crippen LogP contribution in [0.3, 0.4) is 0 Å². The fourth-order valence-corrected chi connectivity index (χ4v) is 5.79. The third-order valence-electron chi connectivity index (χ3n) is 6.18. The fourth-order valence-electron chi connectivity index (χ4n) is 4.03. The summed E-state index contributed by atoms with van der Waals surface area (Å²) in [6.07, 6.45) is 20.5. The van der Waals surface area contributed by atoms with Gasteiger partial charge in [-0.15, -0.1) is 0 Å². The molecule has 34 heavy (non-hydrogen) atoms. The topological polar surface area (TPSA) is 72.8 Å². The van der Waals surface area contributed by atoms with Crippen LogP contribution in [0.25, 0.3) is 0 Å². The van der Waals surface area contributed by atoms with Crippen molar-refractivity contribution in [3.8, 4) is 0 Å². The van der Waals surface area contributed by atoms with Crippen molar-refractivity contribution in [1.82, 2.24) is 0 Å². The summed E-state index contributed by atoms with van der Waals surface area (Å²) < 4.78 is 23.1. The number of hydrogen-bond donors (Lipinski definition) is 1. The smallest absolute Gasteiger partial charge is 0.377 e. The Kier molecular flexibility index (Phi) is 23.1. The zero-order valence-corrected chi connectivity index (χ0v) is 24.2. The highest BCUT2D eigenvalue weighted by Gasteiger charge is 2.45. The summed E-state index contributed by atoms with van der Waals surface area (Å²) in [6.45, 7) is 8.46. The van der Waals surface area contributed by atoms with E-state index in [9.17, 15) is 14.5 Å². The van der Waals surface area contributed by atoms with Gasteiger partial charge in [0.25, 0.3) is 0 Å². The molecule has 0 fully saturated rings. The van der Waals surface area contributed by atoms with E-state index in [1.165, 1.54) is 89.9 Å². The first kappa shape index (κ1) is 33.8. The first-order valence-electron chi connectivity index (χ1n) is 14.0. The predicted octanol–water partition coefficient (Wildman–Crippen LogP) is 9.23. The number of thioether (sulfide) groups is 1. The lowest BCUT2D eigenvalue weighted by Gasteiger charge is -2.31. The number of unbranched alkanes of at least 4 members (excludes halogenated alkanes) is 13. The quantitative estimate of drug-likeness (QED) is 0.0696. The van der Waals surface area contributed by atoms with Gasteiger partial charge in [-0.1, -0.05) is 111 Å². The molecule has 7 heteroatoms.